The molecule has 0 saturated carbocycles. The number of thioether (sulfide) groups is 1. The molecule has 0 saturated heterocycles. The number of rotatable bonds is 5. The van der Waals surface area contributed by atoms with E-state index in [-0.39, 0.29) is 11.7 Å². The van der Waals surface area contributed by atoms with Crippen LogP contribution in [0.2, 0.25) is 0 Å². The molecular formula is C13H15N3O2S. The highest BCUT2D eigenvalue weighted by molar-refractivity contribution is 7.99. The summed E-state index contributed by atoms with van der Waals surface area (Å²) in [6.07, 6.45) is 0.944. The molecule has 1 aromatic heterocycles. The third-order valence-corrected chi connectivity index (χ3v) is 3.27. The van der Waals surface area contributed by atoms with Gasteiger partial charge in [-0.15, -0.1) is 10.2 Å². The Kier molecular flexibility index (Phi) is 4.57. The quantitative estimate of drug-likeness (QED) is 0.851. The predicted molar refractivity (Wildman–Crippen MR) is 74.2 cm³/mol. The molecule has 0 aliphatic carbocycles. The smallest absolute Gasteiger partial charge is 0.277 e. The van der Waals surface area contributed by atoms with Crippen molar-refractivity contribution < 1.29 is 9.21 Å². The second kappa shape index (κ2) is 6.38. The fourth-order valence-corrected chi connectivity index (χ4v) is 2.13. The zero-order chi connectivity index (χ0) is 13.7. The van der Waals surface area contributed by atoms with Crippen molar-refractivity contribution in [2.45, 2.75) is 25.5 Å². The van der Waals surface area contributed by atoms with Gasteiger partial charge in [-0.1, -0.05) is 30.8 Å². The molecule has 1 heterocycles. The minimum absolute atomic E-state index is 0.0888. The van der Waals surface area contributed by atoms with Crippen molar-refractivity contribution >= 4 is 23.4 Å². The van der Waals surface area contributed by atoms with E-state index < -0.39 is 0 Å². The standard InChI is InChI=1S/C13H15N3O2S/c1-3-10-5-4-6-11(7-10)14-12(17)8-19-13-16-15-9(2)18-13/h4-7H,3,8H2,1-2H3,(H,14,17). The lowest BCUT2D eigenvalue weighted by atomic mass is 10.1. The molecule has 0 atom stereocenters. The SMILES string of the molecule is CCc1cccc(NC(=O)CSc2nnc(C)o2)c1. The van der Waals surface area contributed by atoms with Crippen molar-refractivity contribution in [1.82, 2.24) is 10.2 Å². The highest BCUT2D eigenvalue weighted by Gasteiger charge is 2.08. The summed E-state index contributed by atoms with van der Waals surface area (Å²) in [7, 11) is 0. The molecule has 0 bridgehead atoms. The van der Waals surface area contributed by atoms with Crippen LogP contribution in [0.3, 0.4) is 0 Å². The predicted octanol–water partition coefficient (Wildman–Crippen LogP) is 2.67. The highest BCUT2D eigenvalue weighted by atomic mass is 32.2. The van der Waals surface area contributed by atoms with Crippen LogP contribution in [0.25, 0.3) is 0 Å². The van der Waals surface area contributed by atoms with Crippen LogP contribution in [0.4, 0.5) is 5.69 Å². The van der Waals surface area contributed by atoms with Crippen LogP contribution in [0.5, 0.6) is 0 Å². The normalized spacial score (nSPS) is 10.4. The summed E-state index contributed by atoms with van der Waals surface area (Å²) < 4.78 is 5.18. The van der Waals surface area contributed by atoms with E-state index in [1.807, 2.05) is 24.3 Å². The maximum absolute atomic E-state index is 11.8. The number of benzene rings is 1. The van der Waals surface area contributed by atoms with Gasteiger partial charge in [-0.25, -0.2) is 0 Å². The van der Waals surface area contributed by atoms with E-state index in [1.54, 1.807) is 6.92 Å². The molecular weight excluding hydrogens is 262 g/mol. The summed E-state index contributed by atoms with van der Waals surface area (Å²) in [4.78, 5) is 11.8. The summed E-state index contributed by atoms with van der Waals surface area (Å²) in [5.74, 6) is 0.658. The van der Waals surface area contributed by atoms with Crippen LogP contribution in [0.15, 0.2) is 33.9 Å². The molecule has 0 aliphatic heterocycles. The van der Waals surface area contributed by atoms with Crippen LogP contribution in [0, 0.1) is 6.92 Å². The first-order valence-electron chi connectivity index (χ1n) is 5.99. The largest absolute Gasteiger partial charge is 0.416 e. The molecule has 6 heteroatoms. The minimum Gasteiger partial charge on any atom is -0.416 e. The van der Waals surface area contributed by atoms with E-state index in [0.717, 1.165) is 12.1 Å². The first kappa shape index (κ1) is 13.6. The van der Waals surface area contributed by atoms with Crippen molar-refractivity contribution in [3.63, 3.8) is 0 Å². The van der Waals surface area contributed by atoms with Gasteiger partial charge in [-0.2, -0.15) is 0 Å². The number of aromatic nitrogens is 2. The number of nitrogens with zero attached hydrogens (tertiary/aromatic N) is 2. The van der Waals surface area contributed by atoms with Crippen LogP contribution in [-0.4, -0.2) is 21.9 Å². The van der Waals surface area contributed by atoms with Gasteiger partial charge in [0.15, 0.2) is 0 Å². The van der Waals surface area contributed by atoms with Crippen molar-refractivity contribution in [2.24, 2.45) is 0 Å². The Hall–Kier alpha value is -1.82. The first-order chi connectivity index (χ1) is 9.17. The van der Waals surface area contributed by atoms with Crippen LogP contribution >= 0.6 is 11.8 Å². The van der Waals surface area contributed by atoms with Gasteiger partial charge in [-0.3, -0.25) is 4.79 Å². The van der Waals surface area contributed by atoms with Gasteiger partial charge < -0.3 is 9.73 Å². The molecule has 1 amide bonds. The van der Waals surface area contributed by atoms with E-state index in [4.69, 9.17) is 4.42 Å². The van der Waals surface area contributed by atoms with Gasteiger partial charge in [-0.05, 0) is 24.1 Å². The molecule has 2 rings (SSSR count). The Morgan fingerprint density at radius 3 is 2.95 bits per heavy atom. The van der Waals surface area contributed by atoms with Crippen molar-refractivity contribution in [3.8, 4) is 0 Å². The summed E-state index contributed by atoms with van der Waals surface area (Å²) in [5.41, 5.74) is 2.00. The number of nitrogens with one attached hydrogen (secondary N) is 1. The number of amides is 1. The van der Waals surface area contributed by atoms with Crippen molar-refractivity contribution in [1.29, 1.82) is 0 Å². The Morgan fingerprint density at radius 2 is 2.26 bits per heavy atom. The van der Waals surface area contributed by atoms with Gasteiger partial charge in [0.1, 0.15) is 0 Å². The Morgan fingerprint density at radius 1 is 1.42 bits per heavy atom. The Bertz CT molecular complexity index is 569. The zero-order valence-corrected chi connectivity index (χ0v) is 11.7. The van der Waals surface area contributed by atoms with E-state index in [0.29, 0.717) is 11.1 Å². The lowest BCUT2D eigenvalue weighted by Gasteiger charge is -2.05. The van der Waals surface area contributed by atoms with Gasteiger partial charge in [0.05, 0.1) is 5.75 Å². The molecule has 100 valence electrons. The molecule has 0 spiro atoms. The number of carbonyl (C=O) groups is 1. The van der Waals surface area contributed by atoms with Gasteiger partial charge in [0, 0.05) is 12.6 Å². The molecule has 2 aromatic rings. The molecule has 0 radical (unpaired) electrons. The van der Waals surface area contributed by atoms with E-state index in [2.05, 4.69) is 22.4 Å². The van der Waals surface area contributed by atoms with E-state index in [9.17, 15) is 4.79 Å². The number of carbonyl (C=O) groups excluding carboxylic acids is 1. The monoisotopic (exact) mass is 277 g/mol. The molecule has 19 heavy (non-hydrogen) atoms. The molecule has 0 aliphatic rings. The zero-order valence-electron chi connectivity index (χ0n) is 10.8. The summed E-state index contributed by atoms with van der Waals surface area (Å²) in [6, 6.07) is 7.81. The minimum atomic E-state index is -0.0888. The fraction of sp³-hybridized carbons (Fsp3) is 0.308. The fourth-order valence-electron chi connectivity index (χ4n) is 1.53. The maximum Gasteiger partial charge on any atom is 0.277 e. The molecule has 0 unspecified atom stereocenters. The average molecular weight is 277 g/mol. The lowest BCUT2D eigenvalue weighted by molar-refractivity contribution is -0.113. The van der Waals surface area contributed by atoms with E-state index >= 15 is 0 Å². The first-order valence-corrected chi connectivity index (χ1v) is 6.97. The second-order valence-corrected chi connectivity index (χ2v) is 4.90. The molecule has 0 fully saturated rings. The van der Waals surface area contributed by atoms with Crippen LogP contribution in [-0.2, 0) is 11.2 Å². The lowest BCUT2D eigenvalue weighted by Crippen LogP contribution is -2.14. The maximum atomic E-state index is 11.8. The van der Waals surface area contributed by atoms with Crippen molar-refractivity contribution in [2.75, 3.05) is 11.1 Å². The Balaban J connectivity index is 1.86. The summed E-state index contributed by atoms with van der Waals surface area (Å²) in [6.45, 7) is 3.79. The van der Waals surface area contributed by atoms with E-state index in [1.165, 1.54) is 17.3 Å². The molecule has 1 N–H and O–H groups in total. The topological polar surface area (TPSA) is 68.0 Å². The average Bonchev–Trinajstić information content (AvgIpc) is 2.82. The number of hydrogen-bond acceptors (Lipinski definition) is 5. The molecule has 1 aromatic carbocycles. The second-order valence-electron chi connectivity index (χ2n) is 3.98. The third kappa shape index (κ3) is 4.10. The summed E-state index contributed by atoms with van der Waals surface area (Å²) in [5, 5.41) is 10.8. The van der Waals surface area contributed by atoms with Gasteiger partial charge >= 0.3 is 0 Å². The number of aryl methyl sites for hydroxylation is 2. The Labute approximate surface area is 115 Å². The van der Waals surface area contributed by atoms with Crippen LogP contribution < -0.4 is 5.32 Å². The van der Waals surface area contributed by atoms with Crippen molar-refractivity contribution in [3.05, 3.63) is 35.7 Å². The molecule has 5 nitrogen and oxygen atoms in total. The third-order valence-electron chi connectivity index (χ3n) is 2.45. The number of hydrogen-bond donors (Lipinski definition) is 1. The van der Waals surface area contributed by atoms with Gasteiger partial charge in [0.2, 0.25) is 11.8 Å². The van der Waals surface area contributed by atoms with Crippen LogP contribution in [0.1, 0.15) is 18.4 Å². The highest BCUT2D eigenvalue weighted by Crippen LogP contribution is 2.16. The van der Waals surface area contributed by atoms with Gasteiger partial charge in [0.25, 0.3) is 5.22 Å². The summed E-state index contributed by atoms with van der Waals surface area (Å²) >= 11 is 1.23. The number of anilines is 1.